The molecule has 4 atom stereocenters. The molecule has 11 heteroatoms. The topological polar surface area (TPSA) is 104 Å². The van der Waals surface area contributed by atoms with Crippen molar-refractivity contribution in [1.29, 1.82) is 0 Å². The van der Waals surface area contributed by atoms with Crippen molar-refractivity contribution in [2.75, 3.05) is 6.54 Å². The first-order valence-electron chi connectivity index (χ1n) is 14.1. The number of aliphatic carboxylic acids is 1. The molecule has 0 spiro atoms. The SMILES string of the molecule is C[C@]1(CC(=O)O)C[C@H](c2cccc(Cl)c2)[C@@H](c2ccc(Cl)cc2)N(C(CNS(=O)(=O)Cc2ccccc2F)C2CC2)C1=O. The molecular weight excluding hydrogens is 614 g/mol. The Morgan fingerprint density at radius 1 is 1.05 bits per heavy atom. The average molecular weight is 648 g/mol. The van der Waals surface area contributed by atoms with Gasteiger partial charge in [-0.15, -0.1) is 0 Å². The monoisotopic (exact) mass is 646 g/mol. The van der Waals surface area contributed by atoms with Crippen LogP contribution in [-0.2, 0) is 25.4 Å². The molecule has 0 aromatic heterocycles. The Hall–Kier alpha value is -2.98. The molecule has 0 radical (unpaired) electrons. The molecule has 1 saturated heterocycles. The van der Waals surface area contributed by atoms with Gasteiger partial charge < -0.3 is 10.0 Å². The van der Waals surface area contributed by atoms with Crippen LogP contribution in [0.5, 0.6) is 0 Å². The van der Waals surface area contributed by atoms with Gasteiger partial charge >= 0.3 is 5.97 Å². The molecule has 1 aliphatic heterocycles. The molecule has 1 unspecified atom stereocenters. The molecule has 228 valence electrons. The van der Waals surface area contributed by atoms with Crippen LogP contribution in [0.25, 0.3) is 0 Å². The summed E-state index contributed by atoms with van der Waals surface area (Å²) in [6.07, 6.45) is 1.43. The summed E-state index contributed by atoms with van der Waals surface area (Å²) in [5.41, 5.74) is 0.415. The number of carboxylic acids is 1. The van der Waals surface area contributed by atoms with Gasteiger partial charge in [0.25, 0.3) is 0 Å². The van der Waals surface area contributed by atoms with Crippen LogP contribution < -0.4 is 4.72 Å². The number of hydrogen-bond donors (Lipinski definition) is 2. The Kier molecular flexibility index (Phi) is 9.18. The van der Waals surface area contributed by atoms with Crippen molar-refractivity contribution < 1.29 is 27.5 Å². The number of benzene rings is 3. The largest absolute Gasteiger partial charge is 0.481 e. The van der Waals surface area contributed by atoms with Crippen molar-refractivity contribution in [3.8, 4) is 0 Å². The molecule has 2 aliphatic rings. The van der Waals surface area contributed by atoms with Gasteiger partial charge in [-0.05, 0) is 66.6 Å². The summed E-state index contributed by atoms with van der Waals surface area (Å²) in [4.78, 5) is 28.3. The predicted octanol–water partition coefficient (Wildman–Crippen LogP) is 6.57. The van der Waals surface area contributed by atoms with Crippen molar-refractivity contribution in [2.45, 2.75) is 56.4 Å². The average Bonchev–Trinajstić information content (AvgIpc) is 3.78. The fourth-order valence-corrected chi connectivity index (χ4v) is 7.80. The highest BCUT2D eigenvalue weighted by molar-refractivity contribution is 7.88. The zero-order valence-electron chi connectivity index (χ0n) is 23.5. The van der Waals surface area contributed by atoms with E-state index in [2.05, 4.69) is 4.72 Å². The first-order chi connectivity index (χ1) is 20.4. The number of sulfonamides is 1. The van der Waals surface area contributed by atoms with Crippen LogP contribution in [0.3, 0.4) is 0 Å². The molecule has 2 fully saturated rings. The molecule has 1 saturated carbocycles. The second-order valence-corrected chi connectivity index (χ2v) is 14.5. The summed E-state index contributed by atoms with van der Waals surface area (Å²) < 4.78 is 43.2. The first kappa shape index (κ1) is 31.4. The number of rotatable bonds is 11. The molecule has 7 nitrogen and oxygen atoms in total. The Labute approximate surface area is 261 Å². The van der Waals surface area contributed by atoms with Gasteiger partial charge in [0.1, 0.15) is 5.82 Å². The van der Waals surface area contributed by atoms with E-state index in [1.54, 1.807) is 36.1 Å². The fraction of sp³-hybridized carbons (Fsp3) is 0.375. The van der Waals surface area contributed by atoms with E-state index in [9.17, 15) is 27.5 Å². The minimum atomic E-state index is -3.98. The first-order valence-corrected chi connectivity index (χ1v) is 16.5. The zero-order valence-corrected chi connectivity index (χ0v) is 25.9. The minimum Gasteiger partial charge on any atom is -0.481 e. The number of carbonyl (C=O) groups is 2. The predicted molar refractivity (Wildman–Crippen MR) is 164 cm³/mol. The van der Waals surface area contributed by atoms with E-state index in [1.165, 1.54) is 18.2 Å². The molecule has 1 aliphatic carbocycles. The van der Waals surface area contributed by atoms with Crippen LogP contribution in [0.15, 0.2) is 72.8 Å². The number of carbonyl (C=O) groups excluding carboxylic acids is 1. The van der Waals surface area contributed by atoms with Gasteiger partial charge in [-0.2, -0.15) is 0 Å². The standard InChI is InChI=1S/C32H33Cl2FN2O5S/c1-32(17-29(38)39)16-26(22-6-4-7-25(34)15-22)30(21-11-13-24(33)14-12-21)37(31(32)40)28(20-9-10-20)18-36-43(41,42)19-23-5-2-3-8-27(23)35/h2-8,11-15,20,26,28,30,36H,9-10,16-19H2,1H3,(H,38,39)/t26-,28?,30-,32-/m1/s1. The maximum atomic E-state index is 14.5. The van der Waals surface area contributed by atoms with Crippen LogP contribution in [0.1, 0.15) is 61.3 Å². The van der Waals surface area contributed by atoms with E-state index in [1.807, 2.05) is 30.3 Å². The van der Waals surface area contributed by atoms with Gasteiger partial charge in [0, 0.05) is 34.1 Å². The highest BCUT2D eigenvalue weighted by Gasteiger charge is 2.54. The van der Waals surface area contributed by atoms with E-state index in [0.29, 0.717) is 10.0 Å². The molecule has 0 bridgehead atoms. The van der Waals surface area contributed by atoms with Crippen molar-refractivity contribution in [3.05, 3.63) is 105 Å². The van der Waals surface area contributed by atoms with Gasteiger partial charge in [-0.1, -0.05) is 72.6 Å². The lowest BCUT2D eigenvalue weighted by molar-refractivity contribution is -0.161. The zero-order chi connectivity index (χ0) is 30.9. The van der Waals surface area contributed by atoms with Crippen molar-refractivity contribution in [2.24, 2.45) is 11.3 Å². The van der Waals surface area contributed by atoms with Crippen LogP contribution in [-0.4, -0.2) is 42.9 Å². The highest BCUT2D eigenvalue weighted by Crippen LogP contribution is 2.54. The lowest BCUT2D eigenvalue weighted by atomic mass is 9.67. The molecule has 1 amide bonds. The third-order valence-electron chi connectivity index (χ3n) is 8.47. The number of amides is 1. The van der Waals surface area contributed by atoms with E-state index in [4.69, 9.17) is 23.2 Å². The van der Waals surface area contributed by atoms with Crippen LogP contribution in [0.2, 0.25) is 10.0 Å². The Bertz CT molecular complexity index is 1620. The van der Waals surface area contributed by atoms with Crippen molar-refractivity contribution >= 4 is 45.1 Å². The molecule has 2 N–H and O–H groups in total. The minimum absolute atomic E-state index is 0.00195. The number of carboxylic acid groups (broad SMARTS) is 1. The summed E-state index contributed by atoms with van der Waals surface area (Å²) in [6.45, 7) is 1.57. The van der Waals surface area contributed by atoms with Crippen molar-refractivity contribution in [1.82, 2.24) is 9.62 Å². The number of halogens is 3. The summed E-state index contributed by atoms with van der Waals surface area (Å²) in [6, 6.07) is 19.1. The lowest BCUT2D eigenvalue weighted by Crippen LogP contribution is -2.59. The number of likely N-dealkylation sites (tertiary alicyclic amines) is 1. The Balaban J connectivity index is 1.57. The highest BCUT2D eigenvalue weighted by atomic mass is 35.5. The maximum Gasteiger partial charge on any atom is 0.304 e. The maximum absolute atomic E-state index is 14.5. The Morgan fingerprint density at radius 2 is 1.74 bits per heavy atom. The number of nitrogens with zero attached hydrogens (tertiary/aromatic N) is 1. The summed E-state index contributed by atoms with van der Waals surface area (Å²) in [5.74, 6) is -2.96. The molecule has 3 aromatic rings. The molecule has 1 heterocycles. The van der Waals surface area contributed by atoms with Crippen molar-refractivity contribution in [3.63, 3.8) is 0 Å². The smallest absolute Gasteiger partial charge is 0.304 e. The normalized spacial score (nSPS) is 23.3. The second-order valence-electron chi connectivity index (χ2n) is 11.8. The molecule has 43 heavy (non-hydrogen) atoms. The summed E-state index contributed by atoms with van der Waals surface area (Å²) in [7, 11) is -3.98. The quantitative estimate of drug-likeness (QED) is 0.245. The third kappa shape index (κ3) is 7.23. The van der Waals surface area contributed by atoms with Gasteiger partial charge in [0.2, 0.25) is 15.9 Å². The summed E-state index contributed by atoms with van der Waals surface area (Å²) >= 11 is 12.6. The summed E-state index contributed by atoms with van der Waals surface area (Å²) in [5, 5.41) is 10.9. The number of nitrogens with one attached hydrogen (secondary N) is 1. The number of piperidine rings is 1. The van der Waals surface area contributed by atoms with Gasteiger partial charge in [0.15, 0.2) is 0 Å². The van der Waals surface area contributed by atoms with E-state index in [-0.39, 0.29) is 42.7 Å². The van der Waals surface area contributed by atoms with Crippen LogP contribution in [0.4, 0.5) is 4.39 Å². The van der Waals surface area contributed by atoms with Gasteiger partial charge in [0.05, 0.1) is 23.6 Å². The third-order valence-corrected chi connectivity index (χ3v) is 10.3. The molecule has 3 aromatic carbocycles. The lowest BCUT2D eigenvalue weighted by Gasteiger charge is -2.52. The van der Waals surface area contributed by atoms with Crippen LogP contribution >= 0.6 is 23.2 Å². The fourth-order valence-electron chi connectivity index (χ4n) is 6.30. The second kappa shape index (κ2) is 12.6. The molecular formula is C32H33Cl2FN2O5S. The number of hydrogen-bond acceptors (Lipinski definition) is 4. The Morgan fingerprint density at radius 3 is 2.37 bits per heavy atom. The van der Waals surface area contributed by atoms with E-state index < -0.39 is 45.1 Å². The van der Waals surface area contributed by atoms with E-state index in [0.717, 1.165) is 24.0 Å². The van der Waals surface area contributed by atoms with Gasteiger partial charge in [-0.25, -0.2) is 17.5 Å². The van der Waals surface area contributed by atoms with E-state index >= 15 is 0 Å². The van der Waals surface area contributed by atoms with Crippen LogP contribution in [0, 0.1) is 17.2 Å². The molecule has 5 rings (SSSR count). The van der Waals surface area contributed by atoms with Gasteiger partial charge in [-0.3, -0.25) is 9.59 Å².